The van der Waals surface area contributed by atoms with Crippen LogP contribution in [-0.2, 0) is 16.0 Å². The van der Waals surface area contributed by atoms with Gasteiger partial charge in [-0.1, -0.05) is 18.6 Å². The van der Waals surface area contributed by atoms with Gasteiger partial charge in [-0.25, -0.2) is 0 Å². The van der Waals surface area contributed by atoms with Crippen LogP contribution in [0.1, 0.15) is 44.2 Å². The number of aryl methyl sites for hydroxylation is 1. The molecule has 1 aromatic carbocycles. The Balaban J connectivity index is 2.13. The summed E-state index contributed by atoms with van der Waals surface area (Å²) in [4.78, 5) is 24.1. The Morgan fingerprint density at radius 3 is 2.61 bits per heavy atom. The first-order valence-corrected chi connectivity index (χ1v) is 8.01. The van der Waals surface area contributed by atoms with Gasteiger partial charge in [0.2, 0.25) is 0 Å². The molecule has 0 radical (unpaired) electrons. The summed E-state index contributed by atoms with van der Waals surface area (Å²) in [6.07, 6.45) is 2.84. The van der Waals surface area contributed by atoms with Crippen molar-refractivity contribution in [1.82, 2.24) is 0 Å². The number of carbonyl (C=O) groups is 2. The predicted octanol–water partition coefficient (Wildman–Crippen LogP) is 3.48. The van der Waals surface area contributed by atoms with Crippen molar-refractivity contribution in [2.75, 3.05) is 7.11 Å². The molecule has 0 aliphatic heterocycles. The zero-order valence-electron chi connectivity index (χ0n) is 13.8. The third-order valence-electron chi connectivity index (χ3n) is 5.62. The second kappa shape index (κ2) is 5.52. The van der Waals surface area contributed by atoms with Gasteiger partial charge in [-0.3, -0.25) is 9.59 Å². The second-order valence-electron chi connectivity index (χ2n) is 6.77. The highest BCUT2D eigenvalue weighted by molar-refractivity contribution is 5.93. The van der Waals surface area contributed by atoms with E-state index in [1.807, 2.05) is 18.2 Å². The van der Waals surface area contributed by atoms with Crippen LogP contribution in [0, 0.1) is 11.3 Å². The average molecular weight is 314 g/mol. The number of ether oxygens (including phenoxy) is 1. The molecular weight excluding hydrogens is 292 g/mol. The van der Waals surface area contributed by atoms with Crippen molar-refractivity contribution < 1.29 is 19.4 Å². The van der Waals surface area contributed by atoms with Crippen molar-refractivity contribution in [3.63, 3.8) is 0 Å². The maximum Gasteiger partial charge on any atom is 0.311 e. The standard InChI is InChI=1S/C19H22O4/c1-11(20)19(2)9-8-15-14-7-5-13(23-3)10-12(14)4-6-16(15)17(19)18(21)22/h5,7,10,17H,4,6,8-9H2,1-3H3,(H,21,22). The highest BCUT2D eigenvalue weighted by Crippen LogP contribution is 2.51. The van der Waals surface area contributed by atoms with E-state index in [2.05, 4.69) is 0 Å². The van der Waals surface area contributed by atoms with Crippen molar-refractivity contribution in [2.24, 2.45) is 11.3 Å². The normalized spacial score (nSPS) is 26.3. The van der Waals surface area contributed by atoms with Gasteiger partial charge in [-0.2, -0.15) is 0 Å². The first-order valence-electron chi connectivity index (χ1n) is 8.01. The lowest BCUT2D eigenvalue weighted by atomic mass is 9.60. The van der Waals surface area contributed by atoms with E-state index in [0.717, 1.165) is 35.3 Å². The summed E-state index contributed by atoms with van der Waals surface area (Å²) < 4.78 is 5.29. The van der Waals surface area contributed by atoms with E-state index in [0.29, 0.717) is 12.8 Å². The van der Waals surface area contributed by atoms with Gasteiger partial charge in [0.25, 0.3) is 0 Å². The van der Waals surface area contributed by atoms with Gasteiger partial charge in [0.1, 0.15) is 11.5 Å². The van der Waals surface area contributed by atoms with Crippen molar-refractivity contribution in [2.45, 2.75) is 39.5 Å². The lowest BCUT2D eigenvalue weighted by Crippen LogP contribution is -2.43. The summed E-state index contributed by atoms with van der Waals surface area (Å²) in [7, 11) is 1.65. The van der Waals surface area contributed by atoms with E-state index in [4.69, 9.17) is 4.74 Å². The lowest BCUT2D eigenvalue weighted by molar-refractivity contribution is -0.149. The molecular formula is C19H22O4. The van der Waals surface area contributed by atoms with Gasteiger partial charge >= 0.3 is 5.97 Å². The van der Waals surface area contributed by atoms with Gasteiger partial charge in [-0.15, -0.1) is 0 Å². The van der Waals surface area contributed by atoms with Gasteiger partial charge in [0, 0.05) is 5.41 Å². The Morgan fingerprint density at radius 2 is 2.00 bits per heavy atom. The van der Waals surface area contributed by atoms with Crippen LogP contribution in [0.2, 0.25) is 0 Å². The second-order valence-corrected chi connectivity index (χ2v) is 6.77. The zero-order valence-corrected chi connectivity index (χ0v) is 13.8. The number of benzene rings is 1. The maximum atomic E-state index is 12.1. The number of carbonyl (C=O) groups excluding carboxylic acids is 1. The molecule has 0 aromatic heterocycles. The van der Waals surface area contributed by atoms with E-state index >= 15 is 0 Å². The van der Waals surface area contributed by atoms with Gasteiger partial charge < -0.3 is 9.84 Å². The van der Waals surface area contributed by atoms with Crippen LogP contribution >= 0.6 is 0 Å². The SMILES string of the molecule is COc1ccc2c(c1)CCC1=C2CCC(C)(C(C)=O)C1C(=O)O. The van der Waals surface area contributed by atoms with Crippen LogP contribution in [0.25, 0.3) is 5.57 Å². The molecule has 0 saturated heterocycles. The lowest BCUT2D eigenvalue weighted by Gasteiger charge is -2.42. The Bertz CT molecular complexity index is 716. The molecule has 4 nitrogen and oxygen atoms in total. The molecule has 3 rings (SSSR count). The average Bonchev–Trinajstić information content (AvgIpc) is 2.53. The Morgan fingerprint density at radius 1 is 1.26 bits per heavy atom. The highest BCUT2D eigenvalue weighted by Gasteiger charge is 2.49. The number of Topliss-reactive ketones (excluding diaryl/α,β-unsaturated/α-hetero) is 1. The summed E-state index contributed by atoms with van der Waals surface area (Å²) in [6.45, 7) is 3.32. The zero-order chi connectivity index (χ0) is 16.8. The fraction of sp³-hybridized carbons (Fsp3) is 0.474. The highest BCUT2D eigenvalue weighted by atomic mass is 16.5. The molecule has 2 atom stereocenters. The Kier molecular flexibility index (Phi) is 3.78. The number of rotatable bonds is 3. The molecule has 0 spiro atoms. The van der Waals surface area contributed by atoms with Crippen molar-refractivity contribution in [3.8, 4) is 5.75 Å². The van der Waals surface area contributed by atoms with E-state index in [-0.39, 0.29) is 5.78 Å². The third kappa shape index (κ3) is 2.37. The number of hydrogen-bond acceptors (Lipinski definition) is 3. The summed E-state index contributed by atoms with van der Waals surface area (Å²) in [5.74, 6) is -0.796. The van der Waals surface area contributed by atoms with Gasteiger partial charge in [0.05, 0.1) is 13.0 Å². The largest absolute Gasteiger partial charge is 0.497 e. The van der Waals surface area contributed by atoms with E-state index in [9.17, 15) is 14.7 Å². The molecule has 4 heteroatoms. The molecule has 0 saturated carbocycles. The first-order chi connectivity index (χ1) is 10.9. The van der Waals surface area contributed by atoms with Gasteiger partial charge in [0.15, 0.2) is 0 Å². The van der Waals surface area contributed by atoms with Crippen LogP contribution in [0.4, 0.5) is 0 Å². The smallest absolute Gasteiger partial charge is 0.311 e. The minimum absolute atomic E-state index is 0.0306. The minimum atomic E-state index is -0.883. The molecule has 0 heterocycles. The molecule has 2 unspecified atom stereocenters. The third-order valence-corrected chi connectivity index (χ3v) is 5.62. The minimum Gasteiger partial charge on any atom is -0.497 e. The summed E-state index contributed by atoms with van der Waals surface area (Å²) >= 11 is 0. The molecule has 0 amide bonds. The fourth-order valence-corrected chi connectivity index (χ4v) is 4.12. The number of fused-ring (bicyclic) bond motifs is 2. The predicted molar refractivity (Wildman–Crippen MR) is 87.4 cm³/mol. The number of carboxylic acids is 1. The molecule has 122 valence electrons. The fourth-order valence-electron chi connectivity index (χ4n) is 4.12. The molecule has 0 bridgehead atoms. The number of hydrogen-bond donors (Lipinski definition) is 1. The quantitative estimate of drug-likeness (QED) is 0.927. The van der Waals surface area contributed by atoms with Crippen LogP contribution in [-0.4, -0.2) is 24.0 Å². The van der Waals surface area contributed by atoms with E-state index < -0.39 is 17.3 Å². The summed E-state index contributed by atoms with van der Waals surface area (Å²) in [5.41, 5.74) is 3.61. The topological polar surface area (TPSA) is 63.6 Å². The van der Waals surface area contributed by atoms with Gasteiger partial charge in [-0.05, 0) is 61.4 Å². The molecule has 2 aliphatic rings. The maximum absolute atomic E-state index is 12.1. The van der Waals surface area contributed by atoms with Crippen molar-refractivity contribution in [1.29, 1.82) is 0 Å². The number of aliphatic carboxylic acids is 1. The van der Waals surface area contributed by atoms with E-state index in [1.165, 1.54) is 12.5 Å². The number of methoxy groups -OCH3 is 1. The molecule has 23 heavy (non-hydrogen) atoms. The molecule has 1 N–H and O–H groups in total. The number of carboxylic acid groups (broad SMARTS) is 1. The van der Waals surface area contributed by atoms with Crippen LogP contribution in [0.5, 0.6) is 5.75 Å². The van der Waals surface area contributed by atoms with Crippen molar-refractivity contribution in [3.05, 3.63) is 34.9 Å². The van der Waals surface area contributed by atoms with Crippen LogP contribution in [0.3, 0.4) is 0 Å². The molecule has 0 fully saturated rings. The van der Waals surface area contributed by atoms with Crippen LogP contribution in [0.15, 0.2) is 23.8 Å². The van der Waals surface area contributed by atoms with Crippen molar-refractivity contribution >= 4 is 17.3 Å². The first kappa shape index (κ1) is 15.8. The Labute approximate surface area is 136 Å². The van der Waals surface area contributed by atoms with E-state index in [1.54, 1.807) is 14.0 Å². The Hall–Kier alpha value is -2.10. The summed E-state index contributed by atoms with van der Waals surface area (Å²) in [6, 6.07) is 5.98. The number of ketones is 1. The monoisotopic (exact) mass is 314 g/mol. The summed E-state index contributed by atoms with van der Waals surface area (Å²) in [5, 5.41) is 9.79. The van der Waals surface area contributed by atoms with Crippen LogP contribution < -0.4 is 4.74 Å². The molecule has 1 aromatic rings. The number of allylic oxidation sites excluding steroid dienone is 1. The molecule has 2 aliphatic carbocycles.